The van der Waals surface area contributed by atoms with Crippen molar-refractivity contribution in [3.05, 3.63) is 54.1 Å². The lowest BCUT2D eigenvalue weighted by Gasteiger charge is -2.36. The molecule has 1 aliphatic heterocycles. The van der Waals surface area contributed by atoms with Crippen molar-refractivity contribution in [3.8, 4) is 0 Å². The van der Waals surface area contributed by atoms with Crippen LogP contribution >= 0.6 is 0 Å². The molecule has 1 fully saturated rings. The standard InChI is InChI=1S/C18H26N4/c1-21-15-20-13-18(21)12-19-11-17-9-5-6-10-22(17)14-16-7-3-2-4-8-16/h2-4,7-8,13,15,17,19H,5-6,9-12,14H2,1H3/t17-/m1/s1. The SMILES string of the molecule is Cn1cncc1CNC[C@H]1CCCCN1Cc1ccccc1. The highest BCUT2D eigenvalue weighted by Crippen LogP contribution is 2.19. The Bertz CT molecular complexity index is 563. The van der Waals surface area contributed by atoms with Crippen molar-refractivity contribution in [2.75, 3.05) is 13.1 Å². The van der Waals surface area contributed by atoms with E-state index in [1.165, 1.54) is 37.1 Å². The number of aryl methyl sites for hydroxylation is 1. The van der Waals surface area contributed by atoms with Gasteiger partial charge in [0, 0.05) is 38.9 Å². The average Bonchev–Trinajstić information content (AvgIpc) is 2.95. The third kappa shape index (κ3) is 3.96. The van der Waals surface area contributed by atoms with Gasteiger partial charge in [0.25, 0.3) is 0 Å². The molecule has 1 aromatic carbocycles. The first-order valence-electron chi connectivity index (χ1n) is 8.27. The molecule has 1 aliphatic rings. The van der Waals surface area contributed by atoms with Crippen LogP contribution in [-0.4, -0.2) is 33.6 Å². The van der Waals surface area contributed by atoms with Crippen molar-refractivity contribution >= 4 is 0 Å². The second-order valence-corrected chi connectivity index (χ2v) is 6.23. The molecule has 2 heterocycles. The van der Waals surface area contributed by atoms with Gasteiger partial charge in [-0.2, -0.15) is 0 Å². The highest BCUT2D eigenvalue weighted by molar-refractivity contribution is 5.14. The largest absolute Gasteiger partial charge is 0.337 e. The molecule has 1 aromatic heterocycles. The molecule has 1 atom stereocenters. The summed E-state index contributed by atoms with van der Waals surface area (Å²) >= 11 is 0. The van der Waals surface area contributed by atoms with E-state index in [1.54, 1.807) is 0 Å². The Balaban J connectivity index is 1.52. The highest BCUT2D eigenvalue weighted by atomic mass is 15.2. The molecule has 2 aromatic rings. The lowest BCUT2D eigenvalue weighted by Crippen LogP contribution is -2.44. The molecule has 1 N–H and O–H groups in total. The normalized spacial score (nSPS) is 19.4. The maximum atomic E-state index is 4.17. The van der Waals surface area contributed by atoms with Crippen LogP contribution in [0.15, 0.2) is 42.9 Å². The number of benzene rings is 1. The third-order valence-corrected chi connectivity index (χ3v) is 4.58. The van der Waals surface area contributed by atoms with Crippen molar-refractivity contribution in [2.45, 2.75) is 38.4 Å². The van der Waals surface area contributed by atoms with Gasteiger partial charge in [-0.15, -0.1) is 0 Å². The van der Waals surface area contributed by atoms with Crippen molar-refractivity contribution in [1.29, 1.82) is 0 Å². The number of nitrogens with one attached hydrogen (secondary N) is 1. The Kier molecular flexibility index (Phi) is 5.24. The van der Waals surface area contributed by atoms with Crippen LogP contribution in [0.1, 0.15) is 30.5 Å². The number of likely N-dealkylation sites (tertiary alicyclic amines) is 1. The van der Waals surface area contributed by atoms with Gasteiger partial charge >= 0.3 is 0 Å². The van der Waals surface area contributed by atoms with Gasteiger partial charge in [-0.05, 0) is 24.9 Å². The third-order valence-electron chi connectivity index (χ3n) is 4.58. The second kappa shape index (κ2) is 7.56. The quantitative estimate of drug-likeness (QED) is 0.890. The molecular formula is C18H26N4. The van der Waals surface area contributed by atoms with Crippen LogP contribution in [0.5, 0.6) is 0 Å². The maximum Gasteiger partial charge on any atom is 0.0945 e. The summed E-state index contributed by atoms with van der Waals surface area (Å²) in [7, 11) is 2.05. The Labute approximate surface area is 133 Å². The monoisotopic (exact) mass is 298 g/mol. The summed E-state index contributed by atoms with van der Waals surface area (Å²) in [6, 6.07) is 11.5. The number of imidazole rings is 1. The minimum Gasteiger partial charge on any atom is -0.337 e. The smallest absolute Gasteiger partial charge is 0.0945 e. The summed E-state index contributed by atoms with van der Waals surface area (Å²) in [5, 5.41) is 3.61. The molecule has 0 radical (unpaired) electrons. The molecule has 1 saturated heterocycles. The summed E-state index contributed by atoms with van der Waals surface area (Å²) in [5.74, 6) is 0. The molecular weight excluding hydrogens is 272 g/mol. The summed E-state index contributed by atoms with van der Waals surface area (Å²) in [5.41, 5.74) is 2.66. The van der Waals surface area contributed by atoms with E-state index in [4.69, 9.17) is 0 Å². The molecule has 0 spiro atoms. The van der Waals surface area contributed by atoms with Gasteiger partial charge in [0.1, 0.15) is 0 Å². The molecule has 3 rings (SSSR count). The Morgan fingerprint density at radius 2 is 2.09 bits per heavy atom. The van der Waals surface area contributed by atoms with E-state index in [-0.39, 0.29) is 0 Å². The number of aromatic nitrogens is 2. The van der Waals surface area contributed by atoms with Crippen LogP contribution in [-0.2, 0) is 20.1 Å². The van der Waals surface area contributed by atoms with Crippen molar-refractivity contribution in [1.82, 2.24) is 19.8 Å². The minimum absolute atomic E-state index is 0.641. The van der Waals surface area contributed by atoms with Crippen molar-refractivity contribution < 1.29 is 0 Å². The van der Waals surface area contributed by atoms with Gasteiger partial charge in [-0.25, -0.2) is 4.98 Å². The Morgan fingerprint density at radius 3 is 2.86 bits per heavy atom. The van der Waals surface area contributed by atoms with Crippen LogP contribution in [0, 0.1) is 0 Å². The van der Waals surface area contributed by atoms with Gasteiger partial charge in [-0.3, -0.25) is 4.90 Å². The Morgan fingerprint density at radius 1 is 1.23 bits per heavy atom. The molecule has 4 nitrogen and oxygen atoms in total. The minimum atomic E-state index is 0.641. The Hall–Kier alpha value is -1.65. The number of hydrogen-bond acceptors (Lipinski definition) is 3. The number of hydrogen-bond donors (Lipinski definition) is 1. The number of piperidine rings is 1. The fourth-order valence-electron chi connectivity index (χ4n) is 3.24. The molecule has 0 unspecified atom stereocenters. The van der Waals surface area contributed by atoms with Crippen LogP contribution in [0.3, 0.4) is 0 Å². The van der Waals surface area contributed by atoms with Crippen molar-refractivity contribution in [2.24, 2.45) is 7.05 Å². The van der Waals surface area contributed by atoms with Crippen LogP contribution < -0.4 is 5.32 Å². The zero-order chi connectivity index (χ0) is 15.2. The van der Waals surface area contributed by atoms with E-state index in [2.05, 4.69) is 50.1 Å². The fourth-order valence-corrected chi connectivity index (χ4v) is 3.24. The molecule has 118 valence electrons. The summed E-state index contributed by atoms with van der Waals surface area (Å²) in [4.78, 5) is 6.80. The first-order chi connectivity index (χ1) is 10.8. The molecule has 4 heteroatoms. The fraction of sp³-hybridized carbons (Fsp3) is 0.500. The molecule has 0 amide bonds. The van der Waals surface area contributed by atoms with E-state index >= 15 is 0 Å². The first kappa shape index (κ1) is 15.3. The maximum absolute atomic E-state index is 4.17. The average molecular weight is 298 g/mol. The molecule has 22 heavy (non-hydrogen) atoms. The van der Waals surface area contributed by atoms with E-state index in [0.29, 0.717) is 6.04 Å². The lowest BCUT2D eigenvalue weighted by molar-refractivity contribution is 0.137. The van der Waals surface area contributed by atoms with E-state index in [1.807, 2.05) is 19.6 Å². The van der Waals surface area contributed by atoms with Gasteiger partial charge in [0.15, 0.2) is 0 Å². The molecule has 0 aliphatic carbocycles. The van der Waals surface area contributed by atoms with E-state index in [0.717, 1.165) is 19.6 Å². The van der Waals surface area contributed by atoms with E-state index in [9.17, 15) is 0 Å². The number of nitrogens with zero attached hydrogens (tertiary/aromatic N) is 3. The zero-order valence-corrected chi connectivity index (χ0v) is 13.4. The lowest BCUT2D eigenvalue weighted by atomic mass is 10.0. The van der Waals surface area contributed by atoms with Crippen LogP contribution in [0.2, 0.25) is 0 Å². The molecule has 0 bridgehead atoms. The second-order valence-electron chi connectivity index (χ2n) is 6.23. The van der Waals surface area contributed by atoms with E-state index < -0.39 is 0 Å². The number of rotatable bonds is 6. The first-order valence-corrected chi connectivity index (χ1v) is 8.27. The van der Waals surface area contributed by atoms with Gasteiger partial charge in [0.05, 0.1) is 12.0 Å². The van der Waals surface area contributed by atoms with Gasteiger partial charge < -0.3 is 9.88 Å². The molecule has 0 saturated carbocycles. The highest BCUT2D eigenvalue weighted by Gasteiger charge is 2.22. The zero-order valence-electron chi connectivity index (χ0n) is 13.4. The van der Waals surface area contributed by atoms with Gasteiger partial charge in [0.2, 0.25) is 0 Å². The summed E-state index contributed by atoms with van der Waals surface area (Å²) in [6.45, 7) is 4.23. The predicted octanol–water partition coefficient (Wildman–Crippen LogP) is 2.56. The van der Waals surface area contributed by atoms with Crippen LogP contribution in [0.4, 0.5) is 0 Å². The van der Waals surface area contributed by atoms with Gasteiger partial charge in [-0.1, -0.05) is 36.8 Å². The van der Waals surface area contributed by atoms with Crippen molar-refractivity contribution in [3.63, 3.8) is 0 Å². The predicted molar refractivity (Wildman–Crippen MR) is 89.4 cm³/mol. The summed E-state index contributed by atoms with van der Waals surface area (Å²) < 4.78 is 2.08. The topological polar surface area (TPSA) is 33.1 Å². The van der Waals surface area contributed by atoms with Crippen LogP contribution in [0.25, 0.3) is 0 Å². The summed E-state index contributed by atoms with van der Waals surface area (Å²) in [6.07, 6.45) is 7.77.